The van der Waals surface area contributed by atoms with Crippen LogP contribution >= 0.6 is 11.8 Å². The Morgan fingerprint density at radius 2 is 1.81 bits per heavy atom. The van der Waals surface area contributed by atoms with Gasteiger partial charge in [0.15, 0.2) is 0 Å². The predicted molar refractivity (Wildman–Crippen MR) is 111 cm³/mol. The Balaban J connectivity index is 1.64. The predicted octanol–water partition coefficient (Wildman–Crippen LogP) is 4.52. The van der Waals surface area contributed by atoms with Crippen LogP contribution in [0, 0.1) is 13.8 Å². The Kier molecular flexibility index (Phi) is 6.01. The van der Waals surface area contributed by atoms with E-state index in [1.165, 1.54) is 17.8 Å². The Labute approximate surface area is 163 Å². The average Bonchev–Trinajstić information content (AvgIpc) is 2.64. The smallest absolute Gasteiger partial charge is 0.336 e. The molecule has 4 nitrogen and oxygen atoms in total. The highest BCUT2D eigenvalue weighted by molar-refractivity contribution is 7.99. The van der Waals surface area contributed by atoms with Gasteiger partial charge in [-0.05, 0) is 55.2 Å². The van der Waals surface area contributed by atoms with Gasteiger partial charge < -0.3 is 9.73 Å². The first-order chi connectivity index (χ1) is 12.9. The molecule has 3 aromatic rings. The molecule has 0 aliphatic heterocycles. The first-order valence-electron chi connectivity index (χ1n) is 8.90. The molecule has 0 saturated heterocycles. The summed E-state index contributed by atoms with van der Waals surface area (Å²) in [7, 11) is 0. The number of fused-ring (bicyclic) bond motifs is 1. The van der Waals surface area contributed by atoms with Crippen LogP contribution in [0.5, 0.6) is 0 Å². The van der Waals surface area contributed by atoms with E-state index in [4.69, 9.17) is 4.42 Å². The second kappa shape index (κ2) is 8.44. The third-order valence-electron chi connectivity index (χ3n) is 4.61. The van der Waals surface area contributed by atoms with Crippen molar-refractivity contribution in [3.05, 3.63) is 81.2 Å². The third kappa shape index (κ3) is 4.80. The van der Waals surface area contributed by atoms with Gasteiger partial charge in [-0.3, -0.25) is 4.79 Å². The minimum Gasteiger partial charge on any atom is -0.423 e. The summed E-state index contributed by atoms with van der Waals surface area (Å²) in [6, 6.07) is 15.3. The molecule has 1 N–H and O–H groups in total. The minimum atomic E-state index is -0.358. The van der Waals surface area contributed by atoms with Crippen LogP contribution < -0.4 is 10.9 Å². The largest absolute Gasteiger partial charge is 0.423 e. The van der Waals surface area contributed by atoms with Crippen LogP contribution in [0.2, 0.25) is 0 Å². The molecule has 0 spiro atoms. The fourth-order valence-corrected chi connectivity index (χ4v) is 3.79. The molecule has 2 aromatic carbocycles. The zero-order valence-electron chi connectivity index (χ0n) is 15.7. The molecule has 3 rings (SSSR count). The summed E-state index contributed by atoms with van der Waals surface area (Å²) in [5.41, 5.74) is 4.46. The quantitative estimate of drug-likeness (QED) is 0.638. The summed E-state index contributed by atoms with van der Waals surface area (Å²) in [6.07, 6.45) is 0. The molecular formula is C22H23NO3S. The normalized spacial score (nSPS) is 12.1. The Morgan fingerprint density at radius 1 is 1.11 bits per heavy atom. The van der Waals surface area contributed by atoms with E-state index >= 15 is 0 Å². The molecule has 0 unspecified atom stereocenters. The van der Waals surface area contributed by atoms with Crippen molar-refractivity contribution in [1.29, 1.82) is 0 Å². The number of hydrogen-bond acceptors (Lipinski definition) is 4. The highest BCUT2D eigenvalue weighted by Crippen LogP contribution is 2.24. The number of nitrogens with one attached hydrogen (secondary N) is 1. The van der Waals surface area contributed by atoms with Gasteiger partial charge in [0, 0.05) is 17.2 Å². The summed E-state index contributed by atoms with van der Waals surface area (Å²) in [4.78, 5) is 24.1. The molecular weight excluding hydrogens is 358 g/mol. The summed E-state index contributed by atoms with van der Waals surface area (Å²) >= 11 is 1.49. The topological polar surface area (TPSA) is 59.3 Å². The molecule has 140 valence electrons. The fraction of sp³-hybridized carbons (Fsp3) is 0.273. The number of rotatable bonds is 6. The average molecular weight is 381 g/mol. The summed E-state index contributed by atoms with van der Waals surface area (Å²) in [6.45, 7) is 6.00. The number of carbonyl (C=O) groups excluding carboxylic acids is 1. The lowest BCUT2D eigenvalue weighted by Gasteiger charge is -2.14. The van der Waals surface area contributed by atoms with Crippen molar-refractivity contribution >= 4 is 28.6 Å². The van der Waals surface area contributed by atoms with Gasteiger partial charge in [-0.2, -0.15) is 0 Å². The summed E-state index contributed by atoms with van der Waals surface area (Å²) in [5, 5.41) is 3.94. The first kappa shape index (κ1) is 19.2. The van der Waals surface area contributed by atoms with Crippen LogP contribution in [0.1, 0.15) is 35.2 Å². The third-order valence-corrected chi connectivity index (χ3v) is 5.59. The fourth-order valence-electron chi connectivity index (χ4n) is 2.96. The molecule has 0 radical (unpaired) electrons. The lowest BCUT2D eigenvalue weighted by Crippen LogP contribution is -2.28. The van der Waals surface area contributed by atoms with Gasteiger partial charge in [-0.25, -0.2) is 4.79 Å². The van der Waals surface area contributed by atoms with Gasteiger partial charge in [-0.15, -0.1) is 11.8 Å². The molecule has 27 heavy (non-hydrogen) atoms. The molecule has 5 heteroatoms. The second-order valence-electron chi connectivity index (χ2n) is 6.72. The zero-order chi connectivity index (χ0) is 19.4. The van der Waals surface area contributed by atoms with Gasteiger partial charge in [0.2, 0.25) is 5.91 Å². The lowest BCUT2D eigenvalue weighted by atomic mass is 10.0. The van der Waals surface area contributed by atoms with Gasteiger partial charge in [0.25, 0.3) is 0 Å². The minimum absolute atomic E-state index is 0.0179. The van der Waals surface area contributed by atoms with Gasteiger partial charge in [-0.1, -0.05) is 30.3 Å². The molecule has 1 heterocycles. The number of benzene rings is 2. The maximum atomic E-state index is 12.2. The van der Waals surface area contributed by atoms with E-state index in [1.54, 1.807) is 0 Å². The monoisotopic (exact) mass is 381 g/mol. The molecule has 0 bridgehead atoms. The Hall–Kier alpha value is -2.53. The standard InChI is InChI=1S/C22H23NO3S/c1-14-9-19-18(11-22(25)26-20(19)10-15(14)2)12-27-13-21(24)23-16(3)17-7-5-4-6-8-17/h4-11,16H,12-13H2,1-3H3,(H,23,24)/t16-/m0/s1. The molecule has 1 amide bonds. The zero-order valence-corrected chi connectivity index (χ0v) is 16.6. The van der Waals surface area contributed by atoms with E-state index in [0.717, 1.165) is 27.6 Å². The van der Waals surface area contributed by atoms with Crippen molar-refractivity contribution in [2.24, 2.45) is 0 Å². The van der Waals surface area contributed by atoms with Crippen LogP contribution in [-0.4, -0.2) is 11.7 Å². The molecule has 0 fully saturated rings. The summed E-state index contributed by atoms with van der Waals surface area (Å²) < 4.78 is 5.32. The summed E-state index contributed by atoms with van der Waals surface area (Å²) in [5.74, 6) is 0.900. The molecule has 0 saturated carbocycles. The van der Waals surface area contributed by atoms with E-state index in [1.807, 2.05) is 63.2 Å². The van der Waals surface area contributed by atoms with Gasteiger partial charge in [0.05, 0.1) is 11.8 Å². The maximum absolute atomic E-state index is 12.2. The Bertz CT molecular complexity index is 1010. The van der Waals surface area contributed by atoms with E-state index in [9.17, 15) is 9.59 Å². The number of thioether (sulfide) groups is 1. The number of hydrogen-bond donors (Lipinski definition) is 1. The Morgan fingerprint density at radius 3 is 2.56 bits per heavy atom. The van der Waals surface area contributed by atoms with Crippen molar-refractivity contribution in [1.82, 2.24) is 5.32 Å². The first-order valence-corrected chi connectivity index (χ1v) is 10.1. The number of carbonyl (C=O) groups is 1. The van der Waals surface area contributed by atoms with Gasteiger partial charge >= 0.3 is 5.63 Å². The van der Waals surface area contributed by atoms with Crippen LogP contribution in [0.4, 0.5) is 0 Å². The van der Waals surface area contributed by atoms with Crippen LogP contribution in [0.3, 0.4) is 0 Å². The van der Waals surface area contributed by atoms with Crippen LogP contribution in [0.15, 0.2) is 57.7 Å². The second-order valence-corrected chi connectivity index (χ2v) is 7.70. The number of amides is 1. The SMILES string of the molecule is Cc1cc2oc(=O)cc(CSCC(=O)N[C@@H](C)c3ccccc3)c2cc1C. The lowest BCUT2D eigenvalue weighted by molar-refractivity contribution is -0.119. The van der Waals surface area contributed by atoms with E-state index in [2.05, 4.69) is 5.32 Å². The molecule has 1 aromatic heterocycles. The van der Waals surface area contributed by atoms with Crippen molar-refractivity contribution in [3.8, 4) is 0 Å². The maximum Gasteiger partial charge on any atom is 0.336 e. The van der Waals surface area contributed by atoms with Crippen molar-refractivity contribution in [2.45, 2.75) is 32.6 Å². The van der Waals surface area contributed by atoms with Crippen molar-refractivity contribution < 1.29 is 9.21 Å². The highest BCUT2D eigenvalue weighted by Gasteiger charge is 2.11. The van der Waals surface area contributed by atoms with Crippen molar-refractivity contribution in [3.63, 3.8) is 0 Å². The van der Waals surface area contributed by atoms with Crippen LogP contribution in [0.25, 0.3) is 11.0 Å². The molecule has 1 atom stereocenters. The highest BCUT2D eigenvalue weighted by atomic mass is 32.2. The van der Waals surface area contributed by atoms with E-state index in [0.29, 0.717) is 17.1 Å². The molecule has 0 aliphatic rings. The number of aryl methyl sites for hydroxylation is 2. The molecule has 0 aliphatic carbocycles. The van der Waals surface area contributed by atoms with Crippen LogP contribution in [-0.2, 0) is 10.5 Å². The van der Waals surface area contributed by atoms with E-state index < -0.39 is 0 Å². The van der Waals surface area contributed by atoms with E-state index in [-0.39, 0.29) is 17.6 Å². The van der Waals surface area contributed by atoms with Crippen molar-refractivity contribution in [2.75, 3.05) is 5.75 Å². The van der Waals surface area contributed by atoms with Gasteiger partial charge in [0.1, 0.15) is 5.58 Å².